The first-order chi connectivity index (χ1) is 9.13. The van der Waals surface area contributed by atoms with E-state index < -0.39 is 0 Å². The van der Waals surface area contributed by atoms with Crippen LogP contribution in [0.5, 0.6) is 0 Å². The van der Waals surface area contributed by atoms with Gasteiger partial charge in [0.1, 0.15) is 5.82 Å². The summed E-state index contributed by atoms with van der Waals surface area (Å²) in [5, 5.41) is 4.13. The molecule has 0 spiro atoms. The van der Waals surface area contributed by atoms with Crippen molar-refractivity contribution in [1.29, 1.82) is 0 Å². The van der Waals surface area contributed by atoms with Crippen LogP contribution in [-0.2, 0) is 11.2 Å². The molecule has 19 heavy (non-hydrogen) atoms. The molecule has 0 aliphatic carbocycles. The molecule has 2 aromatic heterocycles. The minimum atomic E-state index is -0.379. The predicted molar refractivity (Wildman–Crippen MR) is 69.2 cm³/mol. The normalized spacial score (nSPS) is 10.5. The number of hydrogen-bond acceptors (Lipinski definition) is 5. The van der Waals surface area contributed by atoms with Crippen LogP contribution in [0.4, 0.5) is 0 Å². The molecule has 0 aliphatic rings. The molecule has 0 amide bonds. The second kappa shape index (κ2) is 5.60. The van der Waals surface area contributed by atoms with Crippen LogP contribution in [0.15, 0.2) is 18.5 Å². The van der Waals surface area contributed by atoms with Gasteiger partial charge in [-0.1, -0.05) is 6.92 Å². The van der Waals surface area contributed by atoms with E-state index in [0.717, 1.165) is 12.1 Å². The fraction of sp³-hybridized carbons (Fsp3) is 0.385. The molecule has 0 atom stereocenters. The fourth-order valence-electron chi connectivity index (χ4n) is 1.68. The second-order valence-corrected chi connectivity index (χ2v) is 4.01. The summed E-state index contributed by atoms with van der Waals surface area (Å²) < 4.78 is 6.48. The lowest BCUT2D eigenvalue weighted by Gasteiger charge is -2.04. The molecule has 0 unspecified atom stereocenters. The monoisotopic (exact) mass is 260 g/mol. The van der Waals surface area contributed by atoms with Gasteiger partial charge in [0.2, 0.25) is 0 Å². The zero-order valence-electron chi connectivity index (χ0n) is 11.3. The molecule has 2 rings (SSSR count). The Labute approximate surface area is 111 Å². The van der Waals surface area contributed by atoms with E-state index in [1.165, 1.54) is 6.20 Å². The summed E-state index contributed by atoms with van der Waals surface area (Å²) in [6.07, 6.45) is 3.91. The molecule has 0 aliphatic heterocycles. The van der Waals surface area contributed by atoms with E-state index in [1.54, 1.807) is 17.8 Å². The smallest absolute Gasteiger partial charge is 0.341 e. The van der Waals surface area contributed by atoms with E-state index in [9.17, 15) is 4.79 Å². The maximum atomic E-state index is 11.6. The van der Waals surface area contributed by atoms with E-state index >= 15 is 0 Å². The van der Waals surface area contributed by atoms with Gasteiger partial charge in [-0.2, -0.15) is 5.10 Å². The first kappa shape index (κ1) is 13.2. The van der Waals surface area contributed by atoms with Crippen molar-refractivity contribution in [3.05, 3.63) is 35.5 Å². The number of ether oxygens (including phenoxy) is 1. The zero-order chi connectivity index (χ0) is 13.8. The van der Waals surface area contributed by atoms with Crippen molar-refractivity contribution in [2.24, 2.45) is 0 Å². The Bertz CT molecular complexity index is 592. The zero-order valence-corrected chi connectivity index (χ0v) is 11.3. The Hall–Kier alpha value is -2.24. The summed E-state index contributed by atoms with van der Waals surface area (Å²) in [7, 11) is 0. The van der Waals surface area contributed by atoms with Crippen LogP contribution >= 0.6 is 0 Å². The Balaban J connectivity index is 2.32. The molecule has 0 aromatic carbocycles. The number of hydrogen-bond donors (Lipinski definition) is 0. The molecule has 6 nitrogen and oxygen atoms in total. The van der Waals surface area contributed by atoms with Crippen LogP contribution in [0.3, 0.4) is 0 Å². The Morgan fingerprint density at radius 2 is 2.16 bits per heavy atom. The van der Waals surface area contributed by atoms with E-state index in [1.807, 2.05) is 19.9 Å². The van der Waals surface area contributed by atoms with Crippen LogP contribution in [0, 0.1) is 6.92 Å². The van der Waals surface area contributed by atoms with Crippen LogP contribution in [0.25, 0.3) is 5.82 Å². The minimum Gasteiger partial charge on any atom is -0.462 e. The lowest BCUT2D eigenvalue weighted by atomic mass is 10.3. The lowest BCUT2D eigenvalue weighted by Crippen LogP contribution is -2.05. The van der Waals surface area contributed by atoms with Gasteiger partial charge in [-0.3, -0.25) is 0 Å². The van der Waals surface area contributed by atoms with E-state index in [0.29, 0.717) is 23.8 Å². The SMILES string of the molecule is CCOC(=O)c1cnn(-c2cc(CC)nc(C)n2)c1. The topological polar surface area (TPSA) is 69.9 Å². The van der Waals surface area contributed by atoms with E-state index in [-0.39, 0.29) is 5.97 Å². The quantitative estimate of drug-likeness (QED) is 0.783. The van der Waals surface area contributed by atoms with E-state index in [4.69, 9.17) is 4.74 Å². The van der Waals surface area contributed by atoms with Gasteiger partial charge in [-0.15, -0.1) is 0 Å². The Morgan fingerprint density at radius 3 is 2.84 bits per heavy atom. The van der Waals surface area contributed by atoms with Crippen LogP contribution in [0.2, 0.25) is 0 Å². The third kappa shape index (κ3) is 2.96. The number of aryl methyl sites for hydroxylation is 2. The molecule has 6 heteroatoms. The highest BCUT2D eigenvalue weighted by Gasteiger charge is 2.11. The minimum absolute atomic E-state index is 0.344. The van der Waals surface area contributed by atoms with E-state index in [2.05, 4.69) is 15.1 Å². The fourth-order valence-corrected chi connectivity index (χ4v) is 1.68. The van der Waals surface area contributed by atoms with Crippen molar-refractivity contribution in [3.63, 3.8) is 0 Å². The van der Waals surface area contributed by atoms with Crippen LogP contribution in [-0.4, -0.2) is 32.3 Å². The summed E-state index contributed by atoms with van der Waals surface area (Å²) in [4.78, 5) is 20.2. The standard InChI is InChI=1S/C13H16N4O2/c1-4-11-6-12(16-9(3)15-11)17-8-10(7-14-17)13(18)19-5-2/h6-8H,4-5H2,1-3H3. The Kier molecular flexibility index (Phi) is 3.89. The van der Waals surface area contributed by atoms with Crippen molar-refractivity contribution in [1.82, 2.24) is 19.7 Å². The highest BCUT2D eigenvalue weighted by Crippen LogP contribution is 2.09. The van der Waals surface area contributed by atoms with Gasteiger partial charge >= 0.3 is 5.97 Å². The summed E-state index contributed by atoms with van der Waals surface area (Å²) in [5.41, 5.74) is 1.35. The summed E-state index contributed by atoms with van der Waals surface area (Å²) in [5.74, 6) is 0.956. The van der Waals surface area contributed by atoms with Crippen LogP contribution in [0.1, 0.15) is 35.7 Å². The molecule has 0 saturated heterocycles. The molecule has 0 bridgehead atoms. The second-order valence-electron chi connectivity index (χ2n) is 4.01. The average Bonchev–Trinajstić information content (AvgIpc) is 2.88. The van der Waals surface area contributed by atoms with Crippen molar-refractivity contribution in [2.75, 3.05) is 6.61 Å². The third-order valence-electron chi connectivity index (χ3n) is 2.57. The van der Waals surface area contributed by atoms with Crippen molar-refractivity contribution >= 4 is 5.97 Å². The molecular formula is C13H16N4O2. The van der Waals surface area contributed by atoms with Gasteiger partial charge < -0.3 is 4.74 Å². The number of carbonyl (C=O) groups is 1. The third-order valence-corrected chi connectivity index (χ3v) is 2.57. The van der Waals surface area contributed by atoms with Crippen molar-refractivity contribution in [2.45, 2.75) is 27.2 Å². The molecule has 2 aromatic rings. The lowest BCUT2D eigenvalue weighted by molar-refractivity contribution is 0.0526. The summed E-state index contributed by atoms with van der Waals surface area (Å²) in [6.45, 7) is 5.97. The van der Waals surface area contributed by atoms with Gasteiger partial charge in [0.15, 0.2) is 5.82 Å². The number of nitrogens with zero attached hydrogens (tertiary/aromatic N) is 4. The van der Waals surface area contributed by atoms with Gasteiger partial charge in [-0.25, -0.2) is 19.4 Å². The number of aromatic nitrogens is 4. The number of carbonyl (C=O) groups excluding carboxylic acids is 1. The summed E-state index contributed by atoms with van der Waals surface area (Å²) >= 11 is 0. The highest BCUT2D eigenvalue weighted by molar-refractivity contribution is 5.88. The first-order valence-corrected chi connectivity index (χ1v) is 6.20. The van der Waals surface area contributed by atoms with Gasteiger partial charge in [0.05, 0.1) is 18.4 Å². The Morgan fingerprint density at radius 1 is 1.37 bits per heavy atom. The van der Waals surface area contributed by atoms with Crippen LogP contribution < -0.4 is 0 Å². The molecule has 0 saturated carbocycles. The highest BCUT2D eigenvalue weighted by atomic mass is 16.5. The van der Waals surface area contributed by atoms with Gasteiger partial charge in [0.25, 0.3) is 0 Å². The maximum Gasteiger partial charge on any atom is 0.341 e. The largest absolute Gasteiger partial charge is 0.462 e. The van der Waals surface area contributed by atoms with Crippen molar-refractivity contribution < 1.29 is 9.53 Å². The molecule has 0 radical (unpaired) electrons. The number of esters is 1. The average molecular weight is 260 g/mol. The van der Waals surface area contributed by atoms with Gasteiger partial charge in [-0.05, 0) is 20.3 Å². The number of rotatable bonds is 4. The molecule has 0 fully saturated rings. The van der Waals surface area contributed by atoms with Crippen molar-refractivity contribution in [3.8, 4) is 5.82 Å². The molecular weight excluding hydrogens is 244 g/mol. The molecule has 100 valence electrons. The summed E-state index contributed by atoms with van der Waals surface area (Å²) in [6, 6.07) is 1.86. The van der Waals surface area contributed by atoms with Gasteiger partial charge in [0, 0.05) is 18.0 Å². The molecule has 2 heterocycles. The predicted octanol–water partition coefficient (Wildman–Crippen LogP) is 1.71. The first-order valence-electron chi connectivity index (χ1n) is 6.20. The maximum absolute atomic E-state index is 11.6. The molecule has 0 N–H and O–H groups in total.